The number of likely N-dealkylation sites (N-methyl/N-ethyl adjacent to an activating group) is 1. The van der Waals surface area contributed by atoms with E-state index in [1.54, 1.807) is 0 Å². The summed E-state index contributed by atoms with van der Waals surface area (Å²) < 4.78 is 0. The van der Waals surface area contributed by atoms with Crippen LogP contribution in [0.3, 0.4) is 0 Å². The largest absolute Gasteiger partial charge is 0.370 e. The minimum Gasteiger partial charge on any atom is -0.370 e. The molecule has 0 aromatic carbocycles. The molecule has 0 spiro atoms. The van der Waals surface area contributed by atoms with Gasteiger partial charge in [-0.05, 0) is 54.5 Å². The summed E-state index contributed by atoms with van der Waals surface area (Å²) in [5.74, 6) is 1.06. The van der Waals surface area contributed by atoms with E-state index in [-0.39, 0.29) is 5.54 Å². The molecule has 0 radical (unpaired) electrons. The monoisotopic (exact) mass is 255 g/mol. The normalized spacial score (nSPS) is 16.8. The maximum atomic E-state index is 4.62. The molecule has 18 heavy (non-hydrogen) atoms. The Hall–Kier alpha value is -0.570. The number of aliphatic imine (C=N–C) groups is 1. The van der Waals surface area contributed by atoms with Crippen molar-refractivity contribution < 1.29 is 0 Å². The van der Waals surface area contributed by atoms with Crippen LogP contribution in [-0.4, -0.2) is 41.4 Å². The summed E-state index contributed by atoms with van der Waals surface area (Å²) in [4.78, 5) is 7.11. The van der Waals surface area contributed by atoms with Crippen molar-refractivity contribution in [2.24, 2.45) is 4.99 Å². The number of nitrogens with one attached hydrogen (secondary N) is 1. The summed E-state index contributed by atoms with van der Waals surface area (Å²) in [6, 6.07) is 0.839. The molecule has 0 rings (SSSR count). The van der Waals surface area contributed by atoms with Gasteiger partial charge in [-0.1, -0.05) is 13.8 Å². The number of nitrogens with zero attached hydrogens (tertiary/aromatic N) is 2. The van der Waals surface area contributed by atoms with E-state index >= 15 is 0 Å². The summed E-state index contributed by atoms with van der Waals surface area (Å²) in [5.41, 5.74) is 0.229. The van der Waals surface area contributed by atoms with Gasteiger partial charge in [-0.2, -0.15) is 0 Å². The van der Waals surface area contributed by atoms with E-state index in [4.69, 9.17) is 0 Å². The van der Waals surface area contributed by atoms with Crippen molar-refractivity contribution in [1.29, 1.82) is 0 Å². The van der Waals surface area contributed by atoms with Crippen LogP contribution in [0.25, 0.3) is 0 Å². The zero-order chi connectivity index (χ0) is 14.3. The molecular formula is C15H33N3. The molecule has 0 heterocycles. The van der Waals surface area contributed by atoms with Crippen molar-refractivity contribution in [2.75, 3.05) is 13.1 Å². The molecule has 0 bridgehead atoms. The third-order valence-electron chi connectivity index (χ3n) is 3.28. The molecule has 0 saturated carbocycles. The fraction of sp³-hybridized carbons (Fsp3) is 0.933. The number of rotatable bonds is 6. The topological polar surface area (TPSA) is 27.6 Å². The molecule has 0 amide bonds. The molecule has 1 N–H and O–H groups in total. The summed E-state index contributed by atoms with van der Waals surface area (Å²) in [7, 11) is 0. The fourth-order valence-electron chi connectivity index (χ4n) is 2.07. The Morgan fingerprint density at radius 2 is 1.78 bits per heavy atom. The summed E-state index contributed by atoms with van der Waals surface area (Å²) in [6.45, 7) is 19.8. The molecule has 108 valence electrons. The molecule has 0 aliphatic heterocycles. The lowest BCUT2D eigenvalue weighted by Gasteiger charge is -2.36. The summed E-state index contributed by atoms with van der Waals surface area (Å²) in [6.07, 6.45) is 1.09. The van der Waals surface area contributed by atoms with Crippen molar-refractivity contribution in [3.05, 3.63) is 0 Å². The van der Waals surface area contributed by atoms with Gasteiger partial charge < -0.3 is 5.32 Å². The second-order valence-electron chi connectivity index (χ2n) is 6.23. The first kappa shape index (κ1) is 17.4. The smallest absolute Gasteiger partial charge is 0.0937 e. The third kappa shape index (κ3) is 7.00. The van der Waals surface area contributed by atoms with Crippen LogP contribution in [0, 0.1) is 0 Å². The Balaban J connectivity index is 4.33. The molecule has 0 aliphatic rings. The Labute approximate surface area is 114 Å². The first-order valence-electron chi connectivity index (χ1n) is 7.26. The van der Waals surface area contributed by atoms with E-state index in [0.717, 1.165) is 25.3 Å². The van der Waals surface area contributed by atoms with E-state index in [0.29, 0.717) is 12.1 Å². The highest BCUT2D eigenvalue weighted by molar-refractivity contribution is 5.79. The van der Waals surface area contributed by atoms with Crippen molar-refractivity contribution >= 4 is 5.84 Å². The fourth-order valence-corrected chi connectivity index (χ4v) is 2.07. The lowest BCUT2D eigenvalue weighted by Crippen LogP contribution is -2.48. The van der Waals surface area contributed by atoms with Gasteiger partial charge in [-0.3, -0.25) is 9.89 Å². The van der Waals surface area contributed by atoms with Gasteiger partial charge in [-0.15, -0.1) is 0 Å². The zero-order valence-electron chi connectivity index (χ0n) is 13.7. The molecule has 3 heteroatoms. The Morgan fingerprint density at radius 1 is 1.22 bits per heavy atom. The van der Waals surface area contributed by atoms with Gasteiger partial charge in [0.05, 0.1) is 5.84 Å². The molecular weight excluding hydrogens is 222 g/mol. The van der Waals surface area contributed by atoms with E-state index in [9.17, 15) is 0 Å². The highest BCUT2D eigenvalue weighted by atomic mass is 15.2. The highest BCUT2D eigenvalue weighted by Crippen LogP contribution is 2.12. The first-order valence-corrected chi connectivity index (χ1v) is 7.26. The average molecular weight is 255 g/mol. The second kappa shape index (κ2) is 7.78. The van der Waals surface area contributed by atoms with Crippen molar-refractivity contribution in [3.8, 4) is 0 Å². The van der Waals surface area contributed by atoms with Gasteiger partial charge in [-0.25, -0.2) is 0 Å². The van der Waals surface area contributed by atoms with Crippen LogP contribution in [0.5, 0.6) is 0 Å². The minimum atomic E-state index is 0.229. The van der Waals surface area contributed by atoms with Crippen molar-refractivity contribution in [3.63, 3.8) is 0 Å². The standard InChI is InChI=1S/C15H33N3/c1-9-12(3)16-14(5)17-13(4)11-18(10-2)15(6,7)8/h12-13H,9-11H2,1-8H3,(H,16,17). The highest BCUT2D eigenvalue weighted by Gasteiger charge is 2.21. The lowest BCUT2D eigenvalue weighted by molar-refractivity contribution is 0.135. The molecule has 0 aliphatic carbocycles. The number of hydrogen-bond donors (Lipinski definition) is 1. The van der Waals surface area contributed by atoms with E-state index in [2.05, 4.69) is 70.6 Å². The Bertz CT molecular complexity index is 253. The molecule has 0 aromatic heterocycles. The van der Waals surface area contributed by atoms with E-state index in [1.165, 1.54) is 0 Å². The van der Waals surface area contributed by atoms with Crippen LogP contribution in [0.4, 0.5) is 0 Å². The third-order valence-corrected chi connectivity index (χ3v) is 3.28. The van der Waals surface area contributed by atoms with E-state index in [1.807, 2.05) is 0 Å². The predicted octanol–water partition coefficient (Wildman–Crippen LogP) is 3.30. The van der Waals surface area contributed by atoms with Crippen LogP contribution in [0.15, 0.2) is 4.99 Å². The zero-order valence-corrected chi connectivity index (χ0v) is 13.7. The Morgan fingerprint density at radius 3 is 2.17 bits per heavy atom. The van der Waals surface area contributed by atoms with Crippen LogP contribution >= 0.6 is 0 Å². The summed E-state index contributed by atoms with van der Waals surface area (Å²) in [5, 5.41) is 3.49. The van der Waals surface area contributed by atoms with Gasteiger partial charge in [0.25, 0.3) is 0 Å². The molecule has 2 unspecified atom stereocenters. The van der Waals surface area contributed by atoms with Gasteiger partial charge in [0.2, 0.25) is 0 Å². The van der Waals surface area contributed by atoms with E-state index < -0.39 is 0 Å². The van der Waals surface area contributed by atoms with Gasteiger partial charge >= 0.3 is 0 Å². The van der Waals surface area contributed by atoms with Crippen LogP contribution in [-0.2, 0) is 0 Å². The molecule has 0 saturated heterocycles. The molecule has 2 atom stereocenters. The first-order chi connectivity index (χ1) is 8.20. The minimum absolute atomic E-state index is 0.229. The quantitative estimate of drug-likeness (QED) is 0.582. The van der Waals surface area contributed by atoms with Crippen molar-refractivity contribution in [2.45, 2.75) is 79.4 Å². The molecule has 0 aromatic rings. The van der Waals surface area contributed by atoms with Gasteiger partial charge in [0.15, 0.2) is 0 Å². The average Bonchev–Trinajstić information content (AvgIpc) is 2.23. The molecule has 3 nitrogen and oxygen atoms in total. The van der Waals surface area contributed by atoms with Crippen molar-refractivity contribution in [1.82, 2.24) is 10.2 Å². The maximum Gasteiger partial charge on any atom is 0.0937 e. The lowest BCUT2D eigenvalue weighted by atomic mass is 10.1. The second-order valence-corrected chi connectivity index (χ2v) is 6.23. The van der Waals surface area contributed by atoms with Gasteiger partial charge in [0.1, 0.15) is 0 Å². The predicted molar refractivity (Wildman–Crippen MR) is 82.5 cm³/mol. The summed E-state index contributed by atoms with van der Waals surface area (Å²) >= 11 is 0. The van der Waals surface area contributed by atoms with Crippen LogP contribution in [0.2, 0.25) is 0 Å². The SMILES string of the molecule is CCC(C)N=C(C)NC(C)CN(CC)C(C)(C)C. The molecule has 0 fully saturated rings. The Kier molecular flexibility index (Phi) is 7.53. The van der Waals surface area contributed by atoms with Crippen LogP contribution in [0.1, 0.15) is 61.8 Å². The number of amidine groups is 1. The van der Waals surface area contributed by atoms with Crippen LogP contribution < -0.4 is 5.32 Å². The maximum absolute atomic E-state index is 4.62. The number of hydrogen-bond acceptors (Lipinski definition) is 2. The van der Waals surface area contributed by atoms with Gasteiger partial charge in [0, 0.05) is 24.2 Å².